The number of hydrogen-bond donors (Lipinski definition) is 2. The summed E-state index contributed by atoms with van der Waals surface area (Å²) < 4.78 is 46.4. The lowest BCUT2D eigenvalue weighted by molar-refractivity contribution is 0.0613. The smallest absolute Gasteiger partial charge is 0.242 e. The highest BCUT2D eigenvalue weighted by Gasteiger charge is 2.37. The van der Waals surface area contributed by atoms with Crippen molar-refractivity contribution in [2.24, 2.45) is 0 Å². The molecule has 0 radical (unpaired) electrons. The number of benzene rings is 1. The number of sulfonamides is 1. The molecule has 0 saturated carbocycles. The molecule has 1 aromatic carbocycles. The third-order valence-corrected chi connectivity index (χ3v) is 5.96. The molecule has 0 aliphatic heterocycles. The van der Waals surface area contributed by atoms with Gasteiger partial charge in [-0.1, -0.05) is 6.07 Å². The average Bonchev–Trinajstić information content (AvgIpc) is 3.41. The maximum absolute atomic E-state index is 12.8. The molecule has 1 atom stereocenters. The number of nitrogens with one attached hydrogen (secondary N) is 1. The number of aliphatic hydroxyl groups is 1. The van der Waals surface area contributed by atoms with Crippen LogP contribution in [-0.4, -0.2) is 28.8 Å². The van der Waals surface area contributed by atoms with Crippen LogP contribution in [0.15, 0.2) is 68.9 Å². The highest BCUT2D eigenvalue weighted by atomic mass is 32.2. The van der Waals surface area contributed by atoms with Crippen molar-refractivity contribution in [1.29, 1.82) is 0 Å². The Kier molecular flexibility index (Phi) is 4.11. The van der Waals surface area contributed by atoms with Crippen molar-refractivity contribution in [3.05, 3.63) is 66.5 Å². The number of hydrogen-bond acceptors (Lipinski definition) is 8. The van der Waals surface area contributed by atoms with Gasteiger partial charge >= 0.3 is 0 Å². The molecule has 3 aromatic heterocycles. The van der Waals surface area contributed by atoms with Gasteiger partial charge in [0.1, 0.15) is 21.7 Å². The molecule has 0 saturated heterocycles. The van der Waals surface area contributed by atoms with E-state index in [0.717, 1.165) is 11.7 Å². The lowest BCUT2D eigenvalue weighted by Crippen LogP contribution is -2.41. The van der Waals surface area contributed by atoms with E-state index < -0.39 is 15.6 Å². The van der Waals surface area contributed by atoms with Gasteiger partial charge in [0.2, 0.25) is 10.0 Å². The van der Waals surface area contributed by atoms with Gasteiger partial charge in [0.25, 0.3) is 0 Å². The van der Waals surface area contributed by atoms with Gasteiger partial charge in [-0.3, -0.25) is 0 Å². The van der Waals surface area contributed by atoms with Gasteiger partial charge in [-0.15, -0.1) is 0 Å². The maximum atomic E-state index is 12.8. The van der Waals surface area contributed by atoms with E-state index in [-0.39, 0.29) is 22.7 Å². The zero-order valence-corrected chi connectivity index (χ0v) is 14.8. The predicted octanol–water partition coefficient (Wildman–Crippen LogP) is 2.09. The molecule has 4 aromatic rings. The molecular formula is C16H13N3O5S2. The van der Waals surface area contributed by atoms with Crippen LogP contribution in [0.2, 0.25) is 0 Å². The van der Waals surface area contributed by atoms with Crippen LogP contribution >= 0.6 is 11.7 Å². The minimum absolute atomic E-state index is 0.00209. The molecule has 0 spiro atoms. The Hall–Kier alpha value is -2.53. The normalized spacial score (nSPS) is 14.5. The third kappa shape index (κ3) is 2.82. The van der Waals surface area contributed by atoms with Crippen LogP contribution in [0.1, 0.15) is 11.3 Å². The molecule has 0 aliphatic carbocycles. The molecule has 10 heteroatoms. The van der Waals surface area contributed by atoms with Crippen molar-refractivity contribution < 1.29 is 22.4 Å². The van der Waals surface area contributed by atoms with E-state index in [0.29, 0.717) is 11.1 Å². The molecule has 2 N–H and O–H groups in total. The highest BCUT2D eigenvalue weighted by molar-refractivity contribution is 7.89. The SMILES string of the molecule is O=S(=O)(NCC(O)(c1ccoc1)c1ccco1)c1cccc2nsnc12. The summed E-state index contributed by atoms with van der Waals surface area (Å²) in [4.78, 5) is -0.00209. The van der Waals surface area contributed by atoms with Crippen LogP contribution < -0.4 is 4.72 Å². The summed E-state index contributed by atoms with van der Waals surface area (Å²) >= 11 is 0.934. The summed E-state index contributed by atoms with van der Waals surface area (Å²) in [6.07, 6.45) is 4.12. The van der Waals surface area contributed by atoms with Gasteiger partial charge in [-0.25, -0.2) is 13.1 Å². The fourth-order valence-corrected chi connectivity index (χ4v) is 4.44. The first-order valence-electron chi connectivity index (χ1n) is 7.51. The first kappa shape index (κ1) is 16.9. The predicted molar refractivity (Wildman–Crippen MR) is 93.0 cm³/mol. The number of fused-ring (bicyclic) bond motifs is 1. The van der Waals surface area contributed by atoms with Gasteiger partial charge in [0.15, 0.2) is 5.60 Å². The van der Waals surface area contributed by atoms with E-state index in [1.165, 1.54) is 24.9 Å². The first-order chi connectivity index (χ1) is 12.5. The molecule has 134 valence electrons. The van der Waals surface area contributed by atoms with Gasteiger partial charge in [-0.2, -0.15) is 8.75 Å². The Bertz CT molecular complexity index is 1080. The molecule has 0 fully saturated rings. The van der Waals surface area contributed by atoms with Crippen LogP contribution in [0.3, 0.4) is 0 Å². The van der Waals surface area contributed by atoms with Gasteiger partial charge in [0, 0.05) is 5.56 Å². The minimum Gasteiger partial charge on any atom is -0.472 e. The van der Waals surface area contributed by atoms with E-state index in [4.69, 9.17) is 8.83 Å². The molecule has 0 bridgehead atoms. The second-order valence-electron chi connectivity index (χ2n) is 5.56. The summed E-state index contributed by atoms with van der Waals surface area (Å²) in [6.45, 7) is -0.351. The van der Waals surface area contributed by atoms with Crippen molar-refractivity contribution in [2.75, 3.05) is 6.54 Å². The second kappa shape index (κ2) is 6.32. The first-order valence-corrected chi connectivity index (χ1v) is 9.72. The Morgan fingerprint density at radius 1 is 1.15 bits per heavy atom. The quantitative estimate of drug-likeness (QED) is 0.516. The standard InChI is InChI=1S/C16H13N3O5S2/c20-16(11-6-8-23-9-11,14-5-2-7-24-14)10-17-26(21,22)13-4-1-3-12-15(13)19-25-18-12/h1-9,17,20H,10H2. The summed E-state index contributed by atoms with van der Waals surface area (Å²) in [7, 11) is -3.95. The van der Waals surface area contributed by atoms with Crippen molar-refractivity contribution >= 4 is 32.8 Å². The molecule has 0 amide bonds. The molecule has 1 unspecified atom stereocenters. The zero-order chi connectivity index (χ0) is 18.2. The zero-order valence-electron chi connectivity index (χ0n) is 13.2. The maximum Gasteiger partial charge on any atom is 0.242 e. The molecule has 3 heterocycles. The lowest BCUT2D eigenvalue weighted by atomic mass is 9.94. The third-order valence-electron chi connectivity index (χ3n) is 3.98. The van der Waals surface area contributed by atoms with Crippen molar-refractivity contribution in [1.82, 2.24) is 13.5 Å². The second-order valence-corrected chi connectivity index (χ2v) is 7.83. The van der Waals surface area contributed by atoms with Crippen LogP contribution in [0.4, 0.5) is 0 Å². The summed E-state index contributed by atoms with van der Waals surface area (Å²) in [5, 5.41) is 11.1. The fourth-order valence-electron chi connectivity index (χ4n) is 2.62. The largest absolute Gasteiger partial charge is 0.472 e. The van der Waals surface area contributed by atoms with Gasteiger partial charge < -0.3 is 13.9 Å². The Labute approximate surface area is 152 Å². The van der Waals surface area contributed by atoms with E-state index in [2.05, 4.69) is 13.5 Å². The van der Waals surface area contributed by atoms with E-state index >= 15 is 0 Å². The summed E-state index contributed by atoms with van der Waals surface area (Å²) in [5.41, 5.74) is -0.579. The van der Waals surface area contributed by atoms with Crippen molar-refractivity contribution in [2.45, 2.75) is 10.5 Å². The summed E-state index contributed by atoms with van der Waals surface area (Å²) in [6, 6.07) is 9.43. The number of nitrogens with zero attached hydrogens (tertiary/aromatic N) is 2. The van der Waals surface area contributed by atoms with Crippen molar-refractivity contribution in [3.8, 4) is 0 Å². The number of furan rings is 2. The molecule has 26 heavy (non-hydrogen) atoms. The number of aromatic nitrogens is 2. The monoisotopic (exact) mass is 391 g/mol. The van der Waals surface area contributed by atoms with Crippen LogP contribution in [0.25, 0.3) is 11.0 Å². The fraction of sp³-hybridized carbons (Fsp3) is 0.125. The Morgan fingerprint density at radius 3 is 2.77 bits per heavy atom. The minimum atomic E-state index is -3.95. The van der Waals surface area contributed by atoms with Gasteiger partial charge in [-0.05, 0) is 30.3 Å². The molecule has 4 rings (SSSR count). The lowest BCUT2D eigenvalue weighted by Gasteiger charge is -2.25. The van der Waals surface area contributed by atoms with E-state index in [1.54, 1.807) is 30.3 Å². The van der Waals surface area contributed by atoms with Crippen LogP contribution in [0, 0.1) is 0 Å². The van der Waals surface area contributed by atoms with Gasteiger partial charge in [0.05, 0.1) is 37.1 Å². The summed E-state index contributed by atoms with van der Waals surface area (Å²) in [5.74, 6) is 0.190. The van der Waals surface area contributed by atoms with E-state index in [9.17, 15) is 13.5 Å². The average molecular weight is 391 g/mol. The van der Waals surface area contributed by atoms with Crippen LogP contribution in [0.5, 0.6) is 0 Å². The molecular weight excluding hydrogens is 378 g/mol. The van der Waals surface area contributed by atoms with Crippen molar-refractivity contribution in [3.63, 3.8) is 0 Å². The number of rotatable bonds is 6. The topological polar surface area (TPSA) is 118 Å². The highest BCUT2D eigenvalue weighted by Crippen LogP contribution is 2.30. The van der Waals surface area contributed by atoms with Crippen LogP contribution in [-0.2, 0) is 15.6 Å². The Morgan fingerprint density at radius 2 is 2.04 bits per heavy atom. The Balaban J connectivity index is 1.69. The van der Waals surface area contributed by atoms with E-state index in [1.807, 2.05) is 0 Å². The molecule has 8 nitrogen and oxygen atoms in total. The molecule has 0 aliphatic rings.